The summed E-state index contributed by atoms with van der Waals surface area (Å²) in [6.07, 6.45) is 5.36. The number of hydrogen-bond acceptors (Lipinski definition) is 5. The van der Waals surface area contributed by atoms with Crippen molar-refractivity contribution in [1.29, 1.82) is 0 Å². The van der Waals surface area contributed by atoms with Gasteiger partial charge in [0.2, 0.25) is 5.95 Å². The molecule has 20 heavy (non-hydrogen) atoms. The van der Waals surface area contributed by atoms with Gasteiger partial charge in [-0.15, -0.1) is 0 Å². The summed E-state index contributed by atoms with van der Waals surface area (Å²) >= 11 is 0. The highest BCUT2D eigenvalue weighted by Gasteiger charge is 2.38. The Balaban J connectivity index is 1.64. The molecule has 2 fully saturated rings. The summed E-state index contributed by atoms with van der Waals surface area (Å²) in [6, 6.07) is 1.98. The summed E-state index contributed by atoms with van der Waals surface area (Å²) in [5, 5.41) is 0. The number of aromatic nitrogens is 2. The summed E-state index contributed by atoms with van der Waals surface area (Å²) in [5.41, 5.74) is 0. The minimum atomic E-state index is -3.31. The van der Waals surface area contributed by atoms with Crippen LogP contribution in [-0.2, 0) is 10.2 Å². The molecule has 1 aliphatic heterocycles. The molecule has 0 atom stereocenters. The fourth-order valence-corrected chi connectivity index (χ4v) is 3.96. The summed E-state index contributed by atoms with van der Waals surface area (Å²) in [4.78, 5) is 10.4. The molecule has 0 aromatic carbocycles. The van der Waals surface area contributed by atoms with Gasteiger partial charge in [-0.25, -0.2) is 9.97 Å². The normalized spacial score (nSPS) is 21.4. The SMILES string of the molecule is CN(C1CC1)S(=O)(=O)N1CCN(c2ncccn2)CC1. The lowest BCUT2D eigenvalue weighted by molar-refractivity contribution is 0.338. The van der Waals surface area contributed by atoms with Crippen LogP contribution in [0.1, 0.15) is 12.8 Å². The van der Waals surface area contributed by atoms with E-state index in [1.54, 1.807) is 29.8 Å². The van der Waals surface area contributed by atoms with Crippen molar-refractivity contribution >= 4 is 16.2 Å². The lowest BCUT2D eigenvalue weighted by atomic mass is 10.4. The smallest absolute Gasteiger partial charge is 0.282 e. The van der Waals surface area contributed by atoms with E-state index in [1.165, 1.54) is 4.31 Å². The lowest BCUT2D eigenvalue weighted by Gasteiger charge is -2.35. The molecule has 0 N–H and O–H groups in total. The number of nitrogens with zero attached hydrogens (tertiary/aromatic N) is 5. The van der Waals surface area contributed by atoms with Crippen molar-refractivity contribution in [2.75, 3.05) is 38.1 Å². The summed E-state index contributed by atoms with van der Waals surface area (Å²) in [7, 11) is -1.62. The number of anilines is 1. The molecule has 2 heterocycles. The predicted molar refractivity (Wildman–Crippen MR) is 75.5 cm³/mol. The molecule has 1 saturated heterocycles. The van der Waals surface area contributed by atoms with Crippen LogP contribution in [0.4, 0.5) is 5.95 Å². The zero-order valence-electron chi connectivity index (χ0n) is 11.5. The second-order valence-electron chi connectivity index (χ2n) is 5.19. The second kappa shape index (κ2) is 5.27. The predicted octanol–water partition coefficient (Wildman–Crippen LogP) is -0.0624. The molecule has 1 aromatic heterocycles. The highest BCUT2D eigenvalue weighted by molar-refractivity contribution is 7.86. The molecule has 7 nitrogen and oxygen atoms in total. The van der Waals surface area contributed by atoms with Crippen molar-refractivity contribution in [3.05, 3.63) is 18.5 Å². The van der Waals surface area contributed by atoms with Gasteiger partial charge >= 0.3 is 0 Å². The van der Waals surface area contributed by atoms with Crippen LogP contribution in [-0.4, -0.2) is 66.3 Å². The summed E-state index contributed by atoms with van der Waals surface area (Å²) in [6.45, 7) is 2.22. The molecule has 1 aliphatic carbocycles. The Morgan fingerprint density at radius 3 is 2.30 bits per heavy atom. The van der Waals surface area contributed by atoms with Crippen molar-refractivity contribution in [2.24, 2.45) is 0 Å². The highest BCUT2D eigenvalue weighted by Crippen LogP contribution is 2.29. The van der Waals surface area contributed by atoms with Crippen LogP contribution < -0.4 is 4.90 Å². The average Bonchev–Trinajstić information content (AvgIpc) is 3.32. The third-order valence-electron chi connectivity index (χ3n) is 3.82. The maximum absolute atomic E-state index is 12.4. The molecule has 0 amide bonds. The van der Waals surface area contributed by atoms with Crippen LogP contribution in [0, 0.1) is 0 Å². The van der Waals surface area contributed by atoms with Gasteiger partial charge in [-0.3, -0.25) is 0 Å². The van der Waals surface area contributed by atoms with E-state index in [-0.39, 0.29) is 6.04 Å². The molecule has 0 spiro atoms. The monoisotopic (exact) mass is 297 g/mol. The standard InChI is InChI=1S/C12H19N5O2S/c1-15(11-3-4-11)20(18,19)17-9-7-16(8-10-17)12-13-5-2-6-14-12/h2,5-6,11H,3-4,7-10H2,1H3. The average molecular weight is 297 g/mol. The third-order valence-corrected chi connectivity index (χ3v) is 5.87. The van der Waals surface area contributed by atoms with E-state index in [0.29, 0.717) is 32.1 Å². The molecule has 110 valence electrons. The Morgan fingerprint density at radius 1 is 1.15 bits per heavy atom. The Bertz CT molecular complexity index is 552. The van der Waals surface area contributed by atoms with Crippen LogP contribution in [0.3, 0.4) is 0 Å². The van der Waals surface area contributed by atoms with Gasteiger partial charge in [0.05, 0.1) is 0 Å². The van der Waals surface area contributed by atoms with Gasteiger partial charge in [0, 0.05) is 51.7 Å². The zero-order chi connectivity index (χ0) is 14.2. The fraction of sp³-hybridized carbons (Fsp3) is 0.667. The van der Waals surface area contributed by atoms with E-state index in [1.807, 2.05) is 4.90 Å². The maximum atomic E-state index is 12.4. The van der Waals surface area contributed by atoms with Gasteiger partial charge in [0.25, 0.3) is 10.2 Å². The summed E-state index contributed by atoms with van der Waals surface area (Å²) < 4.78 is 27.9. The topological polar surface area (TPSA) is 69.6 Å². The van der Waals surface area contributed by atoms with Crippen LogP contribution in [0.15, 0.2) is 18.5 Å². The van der Waals surface area contributed by atoms with E-state index in [2.05, 4.69) is 9.97 Å². The molecular formula is C12H19N5O2S. The highest BCUT2D eigenvalue weighted by atomic mass is 32.2. The van der Waals surface area contributed by atoms with Crippen LogP contribution in [0.2, 0.25) is 0 Å². The van der Waals surface area contributed by atoms with E-state index in [9.17, 15) is 8.42 Å². The first-order valence-electron chi connectivity index (χ1n) is 6.84. The first-order valence-corrected chi connectivity index (χ1v) is 8.24. The molecule has 8 heteroatoms. The van der Waals surface area contributed by atoms with Crippen LogP contribution >= 0.6 is 0 Å². The Labute approximate surface area is 119 Å². The number of piperazine rings is 1. The van der Waals surface area contributed by atoms with Gasteiger partial charge in [-0.05, 0) is 18.9 Å². The van der Waals surface area contributed by atoms with Crippen molar-refractivity contribution in [1.82, 2.24) is 18.6 Å². The number of rotatable bonds is 4. The van der Waals surface area contributed by atoms with Crippen LogP contribution in [0.5, 0.6) is 0 Å². The van der Waals surface area contributed by atoms with Gasteiger partial charge in [0.15, 0.2) is 0 Å². The van der Waals surface area contributed by atoms with Crippen molar-refractivity contribution in [3.8, 4) is 0 Å². The summed E-state index contributed by atoms with van der Waals surface area (Å²) in [5.74, 6) is 0.667. The van der Waals surface area contributed by atoms with Crippen molar-refractivity contribution < 1.29 is 8.42 Å². The van der Waals surface area contributed by atoms with Gasteiger partial charge in [0.1, 0.15) is 0 Å². The second-order valence-corrected chi connectivity index (χ2v) is 7.18. The molecule has 0 unspecified atom stereocenters. The van der Waals surface area contributed by atoms with E-state index in [4.69, 9.17) is 0 Å². The first-order chi connectivity index (χ1) is 9.59. The van der Waals surface area contributed by atoms with Gasteiger partial charge in [-0.1, -0.05) is 0 Å². The Hall–Kier alpha value is -1.25. The maximum Gasteiger partial charge on any atom is 0.282 e. The van der Waals surface area contributed by atoms with Crippen molar-refractivity contribution in [2.45, 2.75) is 18.9 Å². The van der Waals surface area contributed by atoms with Crippen molar-refractivity contribution in [3.63, 3.8) is 0 Å². The molecule has 0 bridgehead atoms. The number of hydrogen-bond donors (Lipinski definition) is 0. The van der Waals surface area contributed by atoms with Gasteiger partial charge in [-0.2, -0.15) is 17.0 Å². The largest absolute Gasteiger partial charge is 0.338 e. The van der Waals surface area contributed by atoms with E-state index in [0.717, 1.165) is 12.8 Å². The van der Waals surface area contributed by atoms with E-state index < -0.39 is 10.2 Å². The molecule has 0 radical (unpaired) electrons. The van der Waals surface area contributed by atoms with E-state index >= 15 is 0 Å². The molecule has 3 rings (SSSR count). The molecule has 2 aliphatic rings. The molecule has 1 aromatic rings. The molecule has 1 saturated carbocycles. The minimum Gasteiger partial charge on any atom is -0.338 e. The fourth-order valence-electron chi connectivity index (χ4n) is 2.38. The third kappa shape index (κ3) is 2.63. The molecular weight excluding hydrogens is 278 g/mol. The quantitative estimate of drug-likeness (QED) is 0.778. The lowest BCUT2D eigenvalue weighted by Crippen LogP contribution is -2.53. The Morgan fingerprint density at radius 2 is 1.75 bits per heavy atom. The van der Waals surface area contributed by atoms with Gasteiger partial charge < -0.3 is 4.90 Å². The zero-order valence-corrected chi connectivity index (χ0v) is 12.3. The first kappa shape index (κ1) is 13.7. The Kier molecular flexibility index (Phi) is 3.61. The minimum absolute atomic E-state index is 0.204. The van der Waals surface area contributed by atoms with Crippen LogP contribution in [0.25, 0.3) is 0 Å².